The highest BCUT2D eigenvalue weighted by Crippen LogP contribution is 2.21. The van der Waals surface area contributed by atoms with Crippen LogP contribution < -0.4 is 0 Å². The zero-order valence-corrected chi connectivity index (χ0v) is 9.08. The molecule has 0 radical (unpaired) electrons. The Bertz CT molecular complexity index is 330. The van der Waals surface area contributed by atoms with Crippen molar-refractivity contribution in [3.05, 3.63) is 0 Å². The molecule has 0 aromatic heterocycles. The maximum absolute atomic E-state index is 11.5. The first-order valence-electron chi connectivity index (χ1n) is 5.06. The molecule has 1 rings (SSSR count). The molecular formula is C9H14O9. The number of carbonyl (C=O) groups excluding carboxylic acids is 1. The lowest BCUT2D eigenvalue weighted by Crippen LogP contribution is -2.62. The topological polar surface area (TPSA) is 165 Å². The molecule has 0 aromatic carbocycles. The number of aliphatic hydroxyl groups is 5. The lowest BCUT2D eigenvalue weighted by molar-refractivity contribution is -0.211. The van der Waals surface area contributed by atoms with E-state index in [-0.39, 0.29) is 0 Å². The van der Waals surface area contributed by atoms with Gasteiger partial charge in [0.2, 0.25) is 0 Å². The van der Waals surface area contributed by atoms with Crippen molar-refractivity contribution in [1.82, 2.24) is 0 Å². The Kier molecular flexibility index (Phi) is 4.73. The van der Waals surface area contributed by atoms with Crippen LogP contribution in [0.15, 0.2) is 0 Å². The van der Waals surface area contributed by atoms with E-state index in [9.17, 15) is 24.9 Å². The maximum atomic E-state index is 11.5. The first-order valence-corrected chi connectivity index (χ1v) is 5.06. The second kappa shape index (κ2) is 5.69. The van der Waals surface area contributed by atoms with Gasteiger partial charge in [0.25, 0.3) is 0 Å². The van der Waals surface area contributed by atoms with Gasteiger partial charge in [0.1, 0.15) is 30.5 Å². The lowest BCUT2D eigenvalue weighted by Gasteiger charge is -2.36. The molecule has 104 valence electrons. The number of rotatable bonds is 4. The van der Waals surface area contributed by atoms with Crippen LogP contribution in [-0.2, 0) is 14.3 Å². The van der Waals surface area contributed by atoms with Gasteiger partial charge >= 0.3 is 5.97 Å². The van der Waals surface area contributed by atoms with E-state index < -0.39 is 55.0 Å². The van der Waals surface area contributed by atoms with Gasteiger partial charge in [-0.3, -0.25) is 4.79 Å². The summed E-state index contributed by atoms with van der Waals surface area (Å²) in [5, 5.41) is 54.6. The molecule has 0 bridgehead atoms. The van der Waals surface area contributed by atoms with Gasteiger partial charge in [0.15, 0.2) is 11.9 Å². The van der Waals surface area contributed by atoms with Crippen LogP contribution in [0.5, 0.6) is 0 Å². The Morgan fingerprint density at radius 2 is 1.89 bits per heavy atom. The second-order valence-corrected chi connectivity index (χ2v) is 3.89. The molecule has 6 N–H and O–H groups in total. The number of carboxylic acid groups (broad SMARTS) is 1. The van der Waals surface area contributed by atoms with Crippen molar-refractivity contribution in [3.8, 4) is 0 Å². The molecule has 9 heteroatoms. The summed E-state index contributed by atoms with van der Waals surface area (Å²) in [7, 11) is 0. The number of carbonyl (C=O) groups is 2. The van der Waals surface area contributed by atoms with Crippen molar-refractivity contribution in [1.29, 1.82) is 0 Å². The minimum atomic E-state index is -2.05. The summed E-state index contributed by atoms with van der Waals surface area (Å²) in [4.78, 5) is 22.2. The third-order valence-corrected chi connectivity index (χ3v) is 2.63. The zero-order valence-electron chi connectivity index (χ0n) is 9.08. The largest absolute Gasteiger partial charge is 0.479 e. The van der Waals surface area contributed by atoms with Crippen LogP contribution in [-0.4, -0.2) is 85.6 Å². The molecule has 0 amide bonds. The van der Waals surface area contributed by atoms with Crippen LogP contribution in [0.4, 0.5) is 0 Å². The van der Waals surface area contributed by atoms with Crippen molar-refractivity contribution < 1.29 is 45.0 Å². The Morgan fingerprint density at radius 3 is 2.33 bits per heavy atom. The van der Waals surface area contributed by atoms with E-state index in [0.717, 1.165) is 0 Å². The molecule has 5 unspecified atom stereocenters. The van der Waals surface area contributed by atoms with Gasteiger partial charge in [0.05, 0.1) is 6.61 Å². The van der Waals surface area contributed by atoms with Crippen LogP contribution in [0.1, 0.15) is 0 Å². The molecule has 0 aromatic rings. The summed E-state index contributed by atoms with van der Waals surface area (Å²) in [6.45, 7) is -0.884. The Morgan fingerprint density at radius 1 is 1.33 bits per heavy atom. The summed E-state index contributed by atoms with van der Waals surface area (Å²) < 4.78 is 4.65. The van der Waals surface area contributed by atoms with Gasteiger partial charge in [-0.25, -0.2) is 4.79 Å². The van der Waals surface area contributed by atoms with E-state index >= 15 is 0 Å². The van der Waals surface area contributed by atoms with Crippen LogP contribution in [0.3, 0.4) is 0 Å². The van der Waals surface area contributed by atoms with E-state index in [2.05, 4.69) is 4.74 Å². The third-order valence-electron chi connectivity index (χ3n) is 2.63. The van der Waals surface area contributed by atoms with Crippen molar-refractivity contribution in [2.45, 2.75) is 36.6 Å². The number of aliphatic hydroxyl groups excluding tert-OH is 5. The van der Waals surface area contributed by atoms with Gasteiger partial charge in [-0.05, 0) is 0 Å². The number of carboxylic acids is 1. The van der Waals surface area contributed by atoms with Gasteiger partial charge < -0.3 is 35.4 Å². The minimum absolute atomic E-state index is 0.884. The van der Waals surface area contributed by atoms with Crippen molar-refractivity contribution in [2.75, 3.05) is 6.61 Å². The highest BCUT2D eigenvalue weighted by molar-refractivity contribution is 5.91. The molecule has 18 heavy (non-hydrogen) atoms. The fourth-order valence-electron chi connectivity index (χ4n) is 1.57. The number of hydrogen-bond donors (Lipinski definition) is 6. The minimum Gasteiger partial charge on any atom is -0.479 e. The normalized spacial score (nSPS) is 36.2. The standard InChI is InChI=1S/C9H14O9/c10-1-2(11)3(12)7-5(14)4(13)6(15)8(18-7)9(16)17/h2-4,6-8,10-13,15H,1H2,(H,16,17)/t2?,3?,4?,6?,7-,8?/m0/s1. The molecule has 1 heterocycles. The quantitative estimate of drug-likeness (QED) is 0.296. The Balaban J connectivity index is 2.92. The highest BCUT2D eigenvalue weighted by Gasteiger charge is 2.50. The predicted molar refractivity (Wildman–Crippen MR) is 52.4 cm³/mol. The first kappa shape index (κ1) is 15.0. The van der Waals surface area contributed by atoms with E-state index in [4.69, 9.17) is 15.3 Å². The average Bonchev–Trinajstić information content (AvgIpc) is 2.34. The van der Waals surface area contributed by atoms with Gasteiger partial charge in [-0.15, -0.1) is 0 Å². The Hall–Kier alpha value is -1.10. The van der Waals surface area contributed by atoms with Crippen molar-refractivity contribution in [2.24, 2.45) is 0 Å². The predicted octanol–water partition coefficient (Wildman–Crippen LogP) is -4.16. The van der Waals surface area contributed by atoms with Crippen LogP contribution in [0.25, 0.3) is 0 Å². The summed E-state index contributed by atoms with van der Waals surface area (Å²) in [5.41, 5.74) is 0. The van der Waals surface area contributed by atoms with Gasteiger partial charge in [-0.1, -0.05) is 0 Å². The number of aliphatic carboxylic acids is 1. The molecule has 1 saturated heterocycles. The summed E-state index contributed by atoms with van der Waals surface area (Å²) in [5.74, 6) is -2.80. The third kappa shape index (κ3) is 2.66. The van der Waals surface area contributed by atoms with E-state index in [0.29, 0.717) is 0 Å². The van der Waals surface area contributed by atoms with Gasteiger partial charge in [0, 0.05) is 0 Å². The molecule has 0 aliphatic carbocycles. The van der Waals surface area contributed by atoms with E-state index in [1.165, 1.54) is 0 Å². The molecule has 1 aliphatic heterocycles. The van der Waals surface area contributed by atoms with Crippen LogP contribution in [0, 0.1) is 0 Å². The van der Waals surface area contributed by atoms with Crippen LogP contribution >= 0.6 is 0 Å². The molecular weight excluding hydrogens is 252 g/mol. The van der Waals surface area contributed by atoms with E-state index in [1.807, 2.05) is 0 Å². The molecule has 1 aliphatic rings. The SMILES string of the molecule is O=C(O)C1O[C@@H](C(O)C(O)CO)C(=O)C(O)C1O. The molecule has 6 atom stereocenters. The van der Waals surface area contributed by atoms with Gasteiger partial charge in [-0.2, -0.15) is 0 Å². The second-order valence-electron chi connectivity index (χ2n) is 3.89. The lowest BCUT2D eigenvalue weighted by atomic mass is 9.92. The number of ether oxygens (including phenoxy) is 1. The monoisotopic (exact) mass is 266 g/mol. The maximum Gasteiger partial charge on any atom is 0.335 e. The first-order chi connectivity index (χ1) is 8.31. The van der Waals surface area contributed by atoms with Crippen molar-refractivity contribution in [3.63, 3.8) is 0 Å². The summed E-state index contributed by atoms with van der Waals surface area (Å²) in [6.07, 6.45) is -11.4. The van der Waals surface area contributed by atoms with Crippen LogP contribution in [0.2, 0.25) is 0 Å². The number of Topliss-reactive ketones (excluding diaryl/α,β-unsaturated/α-hetero) is 1. The summed E-state index contributed by atoms with van der Waals surface area (Å²) in [6, 6.07) is 0. The molecule has 0 spiro atoms. The smallest absolute Gasteiger partial charge is 0.335 e. The highest BCUT2D eigenvalue weighted by atomic mass is 16.6. The fraction of sp³-hybridized carbons (Fsp3) is 0.778. The zero-order chi connectivity index (χ0) is 14.0. The molecule has 0 saturated carbocycles. The summed E-state index contributed by atoms with van der Waals surface area (Å²) >= 11 is 0. The van der Waals surface area contributed by atoms with E-state index in [1.54, 1.807) is 0 Å². The Labute approximate surface area is 101 Å². The number of hydrogen-bond acceptors (Lipinski definition) is 8. The molecule has 1 fully saturated rings. The molecule has 9 nitrogen and oxygen atoms in total. The van der Waals surface area contributed by atoms with Crippen molar-refractivity contribution >= 4 is 11.8 Å². The number of ketones is 1. The fourth-order valence-corrected chi connectivity index (χ4v) is 1.57. The average molecular weight is 266 g/mol.